The molecule has 0 radical (unpaired) electrons. The second-order valence-corrected chi connectivity index (χ2v) is 9.26. The molecule has 0 bridgehead atoms. The third-order valence-electron chi connectivity index (χ3n) is 6.98. The maximum Gasteiger partial charge on any atom is 0.0865 e. The van der Waals surface area contributed by atoms with Gasteiger partial charge in [-0.1, -0.05) is 73.5 Å². The molecule has 2 nitrogen and oxygen atoms in total. The topological polar surface area (TPSA) is 27.0 Å². The summed E-state index contributed by atoms with van der Waals surface area (Å²) in [5.74, 6) is 0.429. The van der Waals surface area contributed by atoms with Crippen LogP contribution in [0.1, 0.15) is 63.5 Å². The average Bonchev–Trinajstić information content (AvgIpc) is 2.73. The zero-order valence-electron chi connectivity index (χ0n) is 18.5. The highest BCUT2D eigenvalue weighted by Crippen LogP contribution is 2.48. The molecular formula is C27H35ClN2. The zero-order chi connectivity index (χ0) is 21.4. The molecule has 0 heterocycles. The van der Waals surface area contributed by atoms with E-state index >= 15 is 0 Å². The van der Waals surface area contributed by atoms with E-state index in [1.165, 1.54) is 12.0 Å². The Morgan fingerprint density at radius 3 is 2.40 bits per heavy atom. The molecule has 1 fully saturated rings. The summed E-state index contributed by atoms with van der Waals surface area (Å²) in [5, 5.41) is 11.1. The van der Waals surface area contributed by atoms with Gasteiger partial charge in [0.15, 0.2) is 0 Å². The summed E-state index contributed by atoms with van der Waals surface area (Å²) >= 11 is 6.60. The van der Waals surface area contributed by atoms with Gasteiger partial charge in [0.05, 0.1) is 11.5 Å². The first-order valence-electron chi connectivity index (χ1n) is 11.5. The summed E-state index contributed by atoms with van der Waals surface area (Å²) in [4.78, 5) is 2.60. The SMILES string of the molecule is CCCN(CCc1ccccc1)C(C)CCC(C#N)(c1ccccc1Cl)C1CCC1. The van der Waals surface area contributed by atoms with Crippen LogP contribution in [-0.4, -0.2) is 24.0 Å². The zero-order valence-corrected chi connectivity index (χ0v) is 19.2. The van der Waals surface area contributed by atoms with Crippen molar-refractivity contribution in [3.63, 3.8) is 0 Å². The lowest BCUT2D eigenvalue weighted by molar-refractivity contribution is 0.158. The maximum absolute atomic E-state index is 10.4. The van der Waals surface area contributed by atoms with Gasteiger partial charge in [-0.3, -0.25) is 0 Å². The van der Waals surface area contributed by atoms with Crippen molar-refractivity contribution in [2.24, 2.45) is 5.92 Å². The quantitative estimate of drug-likeness (QED) is 0.388. The van der Waals surface area contributed by atoms with Gasteiger partial charge in [0.1, 0.15) is 0 Å². The lowest BCUT2D eigenvalue weighted by Gasteiger charge is -2.42. The molecule has 0 saturated heterocycles. The predicted octanol–water partition coefficient (Wildman–Crippen LogP) is 7.02. The third kappa shape index (κ3) is 5.26. The first-order valence-corrected chi connectivity index (χ1v) is 11.9. The van der Waals surface area contributed by atoms with Crippen molar-refractivity contribution in [2.45, 2.75) is 70.3 Å². The van der Waals surface area contributed by atoms with Crippen LogP contribution < -0.4 is 0 Å². The summed E-state index contributed by atoms with van der Waals surface area (Å²) in [7, 11) is 0. The fourth-order valence-electron chi connectivity index (χ4n) is 4.87. The van der Waals surface area contributed by atoms with E-state index in [2.05, 4.69) is 61.2 Å². The summed E-state index contributed by atoms with van der Waals surface area (Å²) in [6.45, 7) is 6.74. The molecule has 2 aromatic rings. The molecule has 0 aromatic heterocycles. The average molecular weight is 423 g/mol. The molecule has 2 aromatic carbocycles. The van der Waals surface area contributed by atoms with Gasteiger partial charge in [0.25, 0.3) is 0 Å². The van der Waals surface area contributed by atoms with Gasteiger partial charge in [0.2, 0.25) is 0 Å². The van der Waals surface area contributed by atoms with Gasteiger partial charge in [-0.2, -0.15) is 5.26 Å². The van der Waals surface area contributed by atoms with Crippen LogP contribution in [0.5, 0.6) is 0 Å². The molecule has 0 amide bonds. The lowest BCUT2D eigenvalue weighted by atomic mass is 9.60. The van der Waals surface area contributed by atoms with Gasteiger partial charge in [-0.15, -0.1) is 0 Å². The van der Waals surface area contributed by atoms with Crippen LogP contribution in [0.15, 0.2) is 54.6 Å². The van der Waals surface area contributed by atoms with E-state index in [1.54, 1.807) is 0 Å². The van der Waals surface area contributed by atoms with Crippen LogP contribution in [0.4, 0.5) is 0 Å². The Hall–Kier alpha value is -1.82. The molecule has 2 atom stereocenters. The fourth-order valence-corrected chi connectivity index (χ4v) is 5.17. The van der Waals surface area contributed by atoms with Crippen LogP contribution in [0.3, 0.4) is 0 Å². The molecule has 0 aliphatic heterocycles. The highest BCUT2D eigenvalue weighted by atomic mass is 35.5. The Balaban J connectivity index is 1.71. The van der Waals surface area contributed by atoms with Crippen molar-refractivity contribution >= 4 is 11.6 Å². The Kier molecular flexibility index (Phi) is 8.37. The van der Waals surface area contributed by atoms with Crippen molar-refractivity contribution in [3.05, 3.63) is 70.7 Å². The largest absolute Gasteiger partial charge is 0.300 e. The van der Waals surface area contributed by atoms with E-state index in [0.717, 1.165) is 62.2 Å². The number of nitriles is 1. The molecule has 1 aliphatic rings. The summed E-state index contributed by atoms with van der Waals surface area (Å²) < 4.78 is 0. The van der Waals surface area contributed by atoms with E-state index in [9.17, 15) is 5.26 Å². The highest BCUT2D eigenvalue weighted by Gasteiger charge is 2.44. The van der Waals surface area contributed by atoms with Crippen molar-refractivity contribution in [2.75, 3.05) is 13.1 Å². The first-order chi connectivity index (χ1) is 14.6. The normalized spacial score (nSPS) is 17.2. The predicted molar refractivity (Wildman–Crippen MR) is 127 cm³/mol. The van der Waals surface area contributed by atoms with Crippen molar-refractivity contribution in [3.8, 4) is 6.07 Å². The Morgan fingerprint density at radius 2 is 1.80 bits per heavy atom. The summed E-state index contributed by atoms with van der Waals surface area (Å²) in [5.41, 5.74) is 1.97. The number of hydrogen-bond acceptors (Lipinski definition) is 2. The minimum atomic E-state index is -0.456. The molecule has 1 saturated carbocycles. The van der Waals surface area contributed by atoms with Crippen molar-refractivity contribution in [1.82, 2.24) is 4.90 Å². The van der Waals surface area contributed by atoms with Gasteiger partial charge >= 0.3 is 0 Å². The van der Waals surface area contributed by atoms with E-state index in [4.69, 9.17) is 11.6 Å². The van der Waals surface area contributed by atoms with E-state index < -0.39 is 5.41 Å². The molecule has 1 aliphatic carbocycles. The standard InChI is InChI=1S/C27H35ClN2/c1-3-19-30(20-17-23-10-5-4-6-11-23)22(2)16-18-27(21-29,24-12-9-13-24)25-14-7-8-15-26(25)28/h4-8,10-11,14-15,22,24H,3,9,12-13,16-20H2,1-2H3. The number of halogens is 1. The maximum atomic E-state index is 10.4. The van der Waals surface area contributed by atoms with E-state index in [1.807, 2.05) is 18.2 Å². The second-order valence-electron chi connectivity index (χ2n) is 8.85. The number of nitrogens with zero attached hydrogens (tertiary/aromatic N) is 2. The van der Waals surface area contributed by atoms with Gasteiger partial charge in [0, 0.05) is 17.6 Å². The monoisotopic (exact) mass is 422 g/mol. The lowest BCUT2D eigenvalue weighted by Crippen LogP contribution is -2.41. The van der Waals surface area contributed by atoms with Crippen LogP contribution in [-0.2, 0) is 11.8 Å². The Bertz CT molecular complexity index is 824. The minimum absolute atomic E-state index is 0.429. The van der Waals surface area contributed by atoms with Crippen LogP contribution in [0.25, 0.3) is 0 Å². The van der Waals surface area contributed by atoms with Gasteiger partial charge in [-0.25, -0.2) is 0 Å². The molecule has 2 unspecified atom stereocenters. The van der Waals surface area contributed by atoms with Crippen molar-refractivity contribution in [1.29, 1.82) is 5.26 Å². The van der Waals surface area contributed by atoms with Gasteiger partial charge < -0.3 is 4.90 Å². The third-order valence-corrected chi connectivity index (χ3v) is 7.31. The minimum Gasteiger partial charge on any atom is -0.300 e. The molecule has 0 N–H and O–H groups in total. The number of rotatable bonds is 11. The van der Waals surface area contributed by atoms with Crippen LogP contribution in [0, 0.1) is 17.2 Å². The molecule has 3 heteroatoms. The first kappa shape index (κ1) is 22.9. The smallest absolute Gasteiger partial charge is 0.0865 e. The fraction of sp³-hybridized carbons (Fsp3) is 0.519. The van der Waals surface area contributed by atoms with Crippen molar-refractivity contribution < 1.29 is 0 Å². The molecule has 0 spiro atoms. The Morgan fingerprint density at radius 1 is 1.10 bits per heavy atom. The highest BCUT2D eigenvalue weighted by molar-refractivity contribution is 6.31. The van der Waals surface area contributed by atoms with Crippen LogP contribution in [0.2, 0.25) is 5.02 Å². The summed E-state index contributed by atoms with van der Waals surface area (Å²) in [6.07, 6.45) is 7.62. The molecule has 160 valence electrons. The molecule has 30 heavy (non-hydrogen) atoms. The number of hydrogen-bond donors (Lipinski definition) is 0. The Labute approximate surface area is 187 Å². The molecule has 3 rings (SSSR count). The van der Waals surface area contributed by atoms with E-state index in [0.29, 0.717) is 12.0 Å². The van der Waals surface area contributed by atoms with Gasteiger partial charge in [-0.05, 0) is 75.1 Å². The number of benzene rings is 2. The molecular weight excluding hydrogens is 388 g/mol. The summed E-state index contributed by atoms with van der Waals surface area (Å²) in [6, 6.07) is 21.9. The van der Waals surface area contributed by atoms with E-state index in [-0.39, 0.29) is 0 Å². The second kappa shape index (κ2) is 11.0. The van der Waals surface area contributed by atoms with Crippen LogP contribution >= 0.6 is 11.6 Å².